The first-order chi connectivity index (χ1) is 13.0. The van der Waals surface area contributed by atoms with E-state index in [1.54, 1.807) is 25.3 Å². The zero-order valence-corrected chi connectivity index (χ0v) is 16.1. The molecule has 0 unspecified atom stereocenters. The number of hydrogen-bond donors (Lipinski definition) is 2. The summed E-state index contributed by atoms with van der Waals surface area (Å²) in [6.45, 7) is 2.74. The molecule has 0 spiro atoms. The average molecular weight is 388 g/mol. The number of rotatable bonds is 8. The Morgan fingerprint density at radius 2 is 2.04 bits per heavy atom. The molecule has 0 atom stereocenters. The van der Waals surface area contributed by atoms with Gasteiger partial charge in [0, 0.05) is 21.5 Å². The van der Waals surface area contributed by atoms with Crippen LogP contribution < -0.4 is 9.47 Å². The van der Waals surface area contributed by atoms with Gasteiger partial charge in [-0.15, -0.1) is 0 Å². The maximum Gasteiger partial charge on any atom is 0.307 e. The second-order valence-electron chi connectivity index (χ2n) is 6.30. The first-order valence-electron chi connectivity index (χ1n) is 8.86. The number of aromatic amines is 1. The number of benzene rings is 2. The molecule has 6 heteroatoms. The van der Waals surface area contributed by atoms with Gasteiger partial charge in [0.05, 0.1) is 25.8 Å². The van der Waals surface area contributed by atoms with Crippen LogP contribution in [-0.4, -0.2) is 29.8 Å². The van der Waals surface area contributed by atoms with Gasteiger partial charge < -0.3 is 19.6 Å². The van der Waals surface area contributed by atoms with E-state index in [2.05, 4.69) is 11.9 Å². The minimum atomic E-state index is -0.907. The molecule has 0 aliphatic carbocycles. The quantitative estimate of drug-likeness (QED) is 0.514. The maximum atomic E-state index is 11.5. The molecule has 0 fully saturated rings. The van der Waals surface area contributed by atoms with Crippen LogP contribution in [0.1, 0.15) is 25.3 Å². The van der Waals surface area contributed by atoms with Crippen LogP contribution in [0, 0.1) is 0 Å². The Hall–Kier alpha value is -2.66. The van der Waals surface area contributed by atoms with E-state index in [1.165, 1.54) is 0 Å². The van der Waals surface area contributed by atoms with E-state index in [4.69, 9.17) is 21.1 Å². The average Bonchev–Trinajstić information content (AvgIpc) is 2.99. The first kappa shape index (κ1) is 19.1. The molecule has 0 radical (unpaired) electrons. The van der Waals surface area contributed by atoms with Crippen LogP contribution in [0.5, 0.6) is 11.5 Å². The third-order valence-electron chi connectivity index (χ3n) is 4.40. The van der Waals surface area contributed by atoms with Gasteiger partial charge in [-0.2, -0.15) is 0 Å². The number of aliphatic carboxylic acids is 1. The number of carboxylic acids is 1. The number of H-pyrrole nitrogens is 1. The number of nitrogens with one attached hydrogen (secondary N) is 1. The Bertz CT molecular complexity index is 964. The molecular formula is C21H22ClNO4. The fourth-order valence-corrected chi connectivity index (χ4v) is 3.26. The third-order valence-corrected chi connectivity index (χ3v) is 4.64. The Balaban J connectivity index is 2.15. The summed E-state index contributed by atoms with van der Waals surface area (Å²) in [7, 11) is 1.58. The zero-order valence-electron chi connectivity index (χ0n) is 15.3. The number of carbonyl (C=O) groups is 1. The second kappa shape index (κ2) is 8.35. The number of unbranched alkanes of at least 4 members (excludes halogenated alkanes) is 1. The van der Waals surface area contributed by atoms with Crippen molar-refractivity contribution < 1.29 is 19.4 Å². The molecule has 0 saturated carbocycles. The highest BCUT2D eigenvalue weighted by molar-refractivity contribution is 6.31. The van der Waals surface area contributed by atoms with Gasteiger partial charge in [-0.1, -0.05) is 24.9 Å². The van der Waals surface area contributed by atoms with Gasteiger partial charge in [0.25, 0.3) is 0 Å². The van der Waals surface area contributed by atoms with Crippen LogP contribution in [-0.2, 0) is 11.2 Å². The summed E-state index contributed by atoms with van der Waals surface area (Å²) in [5, 5.41) is 10.8. The van der Waals surface area contributed by atoms with Crippen LogP contribution in [0.3, 0.4) is 0 Å². The highest BCUT2D eigenvalue weighted by atomic mass is 35.5. The molecule has 27 heavy (non-hydrogen) atoms. The summed E-state index contributed by atoms with van der Waals surface area (Å²) < 4.78 is 11.2. The Labute approximate surface area is 162 Å². The lowest BCUT2D eigenvalue weighted by atomic mass is 10.0. The van der Waals surface area contributed by atoms with Gasteiger partial charge in [-0.05, 0) is 48.4 Å². The van der Waals surface area contributed by atoms with Crippen molar-refractivity contribution in [2.24, 2.45) is 0 Å². The fraction of sp³-hybridized carbons (Fsp3) is 0.286. The van der Waals surface area contributed by atoms with Crippen LogP contribution in [0.15, 0.2) is 36.4 Å². The Morgan fingerprint density at radius 3 is 2.74 bits per heavy atom. The van der Waals surface area contributed by atoms with Crippen molar-refractivity contribution in [1.29, 1.82) is 0 Å². The molecule has 142 valence electrons. The molecule has 0 aliphatic heterocycles. The third kappa shape index (κ3) is 4.19. The van der Waals surface area contributed by atoms with Gasteiger partial charge in [-0.25, -0.2) is 0 Å². The van der Waals surface area contributed by atoms with Crippen molar-refractivity contribution in [2.45, 2.75) is 26.2 Å². The van der Waals surface area contributed by atoms with Crippen molar-refractivity contribution in [3.05, 3.63) is 47.0 Å². The van der Waals surface area contributed by atoms with Crippen molar-refractivity contribution in [3.63, 3.8) is 0 Å². The van der Waals surface area contributed by atoms with E-state index in [0.717, 1.165) is 35.1 Å². The number of aromatic nitrogens is 1. The molecule has 2 N–H and O–H groups in total. The normalized spacial score (nSPS) is 10.9. The molecule has 0 aliphatic rings. The van der Waals surface area contributed by atoms with Crippen LogP contribution >= 0.6 is 11.6 Å². The fourth-order valence-electron chi connectivity index (χ4n) is 3.09. The summed E-state index contributed by atoms with van der Waals surface area (Å²) in [4.78, 5) is 14.8. The van der Waals surface area contributed by atoms with Crippen LogP contribution in [0.4, 0.5) is 0 Å². The molecule has 1 aromatic heterocycles. The van der Waals surface area contributed by atoms with E-state index >= 15 is 0 Å². The molecule has 2 aromatic carbocycles. The molecule has 0 saturated heterocycles. The van der Waals surface area contributed by atoms with Gasteiger partial charge in [0.1, 0.15) is 11.5 Å². The summed E-state index contributed by atoms with van der Waals surface area (Å²) in [6.07, 6.45) is 1.90. The van der Waals surface area contributed by atoms with E-state index in [1.807, 2.05) is 18.2 Å². The highest BCUT2D eigenvalue weighted by Crippen LogP contribution is 2.38. The number of carboxylic acid groups (broad SMARTS) is 1. The predicted molar refractivity (Wildman–Crippen MR) is 107 cm³/mol. The summed E-state index contributed by atoms with van der Waals surface area (Å²) >= 11 is 6.17. The Morgan fingerprint density at radius 1 is 1.22 bits per heavy atom. The lowest BCUT2D eigenvalue weighted by Crippen LogP contribution is -2.01. The lowest BCUT2D eigenvalue weighted by molar-refractivity contribution is -0.136. The maximum absolute atomic E-state index is 11.5. The zero-order chi connectivity index (χ0) is 19.4. The van der Waals surface area contributed by atoms with Crippen LogP contribution in [0.25, 0.3) is 22.2 Å². The number of hydrogen-bond acceptors (Lipinski definition) is 3. The van der Waals surface area contributed by atoms with Gasteiger partial charge >= 0.3 is 5.97 Å². The number of halogens is 1. The predicted octanol–water partition coefficient (Wildman–Crippen LogP) is 5.30. The smallest absolute Gasteiger partial charge is 0.307 e. The van der Waals surface area contributed by atoms with Crippen molar-refractivity contribution in [3.8, 4) is 22.8 Å². The number of ether oxygens (including phenoxy) is 2. The SMILES string of the molecule is CCCCOc1ccc2[nH]c(-c3cc(Cl)ccc3OC)c(CC(=O)O)c2c1. The minimum Gasteiger partial charge on any atom is -0.496 e. The summed E-state index contributed by atoms with van der Waals surface area (Å²) in [5.41, 5.74) is 2.94. The number of methoxy groups -OCH3 is 1. The molecule has 0 amide bonds. The van der Waals surface area contributed by atoms with Crippen molar-refractivity contribution in [2.75, 3.05) is 13.7 Å². The molecule has 3 aromatic rings. The van der Waals surface area contributed by atoms with E-state index in [-0.39, 0.29) is 6.42 Å². The standard InChI is InChI=1S/C21H22ClNO4/c1-3-4-9-27-14-6-7-18-15(11-14)16(12-20(24)25)21(23-18)17-10-13(22)5-8-19(17)26-2/h5-8,10-11,23H,3-4,9,12H2,1-2H3,(H,24,25). The molecule has 1 heterocycles. The van der Waals surface area contributed by atoms with E-state index in [0.29, 0.717) is 28.6 Å². The first-order valence-corrected chi connectivity index (χ1v) is 9.24. The molecular weight excluding hydrogens is 366 g/mol. The van der Waals surface area contributed by atoms with Crippen molar-refractivity contribution >= 4 is 28.5 Å². The van der Waals surface area contributed by atoms with Gasteiger partial charge in [0.15, 0.2) is 0 Å². The molecule has 0 bridgehead atoms. The lowest BCUT2D eigenvalue weighted by Gasteiger charge is -2.10. The second-order valence-corrected chi connectivity index (χ2v) is 6.74. The molecule has 3 rings (SSSR count). The van der Waals surface area contributed by atoms with Gasteiger partial charge in [0.2, 0.25) is 0 Å². The topological polar surface area (TPSA) is 71.5 Å². The van der Waals surface area contributed by atoms with Crippen molar-refractivity contribution in [1.82, 2.24) is 4.98 Å². The Kier molecular flexibility index (Phi) is 5.91. The summed E-state index contributed by atoms with van der Waals surface area (Å²) in [6, 6.07) is 11.0. The minimum absolute atomic E-state index is 0.122. The summed E-state index contributed by atoms with van der Waals surface area (Å²) in [5.74, 6) is 0.443. The van der Waals surface area contributed by atoms with Gasteiger partial charge in [-0.3, -0.25) is 4.79 Å². The monoisotopic (exact) mass is 387 g/mol. The highest BCUT2D eigenvalue weighted by Gasteiger charge is 2.19. The van der Waals surface area contributed by atoms with Crippen LogP contribution in [0.2, 0.25) is 5.02 Å². The van der Waals surface area contributed by atoms with E-state index in [9.17, 15) is 9.90 Å². The largest absolute Gasteiger partial charge is 0.496 e. The van der Waals surface area contributed by atoms with E-state index < -0.39 is 5.97 Å². The number of fused-ring (bicyclic) bond motifs is 1. The molecule has 5 nitrogen and oxygen atoms in total.